The molecule has 0 radical (unpaired) electrons. The van der Waals surface area contributed by atoms with E-state index in [4.69, 9.17) is 5.11 Å². The highest BCUT2D eigenvalue weighted by Gasteiger charge is 2.27. The lowest BCUT2D eigenvalue weighted by Gasteiger charge is -2.31. The number of hydrogen-bond donors (Lipinski definition) is 1. The fourth-order valence-corrected chi connectivity index (χ4v) is 3.26. The summed E-state index contributed by atoms with van der Waals surface area (Å²) in [6.07, 6.45) is 5.02. The second-order valence-corrected chi connectivity index (χ2v) is 6.79. The van der Waals surface area contributed by atoms with E-state index in [9.17, 15) is 18.0 Å². The molecule has 1 fully saturated rings. The third-order valence-corrected chi connectivity index (χ3v) is 4.58. The van der Waals surface area contributed by atoms with Crippen LogP contribution in [0.25, 0.3) is 0 Å². The number of carbonyl (C=O) groups excluding carboxylic acids is 1. The van der Waals surface area contributed by atoms with Gasteiger partial charge >= 0.3 is 5.97 Å². The number of nitrogens with zero attached hydrogens (tertiary/aromatic N) is 1. The maximum absolute atomic E-state index is 11.8. The van der Waals surface area contributed by atoms with Gasteiger partial charge in [-0.3, -0.25) is 9.59 Å². The summed E-state index contributed by atoms with van der Waals surface area (Å²) in [5, 5.41) is 8.45. The molecule has 0 unspecified atom stereocenters. The van der Waals surface area contributed by atoms with E-state index < -0.39 is 33.2 Å². The molecule has 1 saturated carbocycles. The Morgan fingerprint density at radius 2 is 1.72 bits per heavy atom. The summed E-state index contributed by atoms with van der Waals surface area (Å²) in [6.45, 7) is 0. The Morgan fingerprint density at radius 1 is 1.17 bits per heavy atom. The molecule has 0 aromatic heterocycles. The molecule has 0 heterocycles. The van der Waals surface area contributed by atoms with Crippen molar-refractivity contribution in [2.24, 2.45) is 0 Å². The van der Waals surface area contributed by atoms with Crippen molar-refractivity contribution in [1.29, 1.82) is 0 Å². The van der Waals surface area contributed by atoms with Gasteiger partial charge in [-0.2, -0.15) is 0 Å². The summed E-state index contributed by atoms with van der Waals surface area (Å²) in [5.74, 6) is -3.64. The van der Waals surface area contributed by atoms with Gasteiger partial charge in [0, 0.05) is 13.1 Å². The average Bonchev–Trinajstić information content (AvgIpc) is 2.26. The van der Waals surface area contributed by atoms with Crippen LogP contribution in [0.3, 0.4) is 0 Å². The zero-order valence-corrected chi connectivity index (χ0v) is 11.3. The van der Waals surface area contributed by atoms with E-state index in [0.29, 0.717) is 0 Å². The molecular weight excluding hydrogens is 258 g/mol. The summed E-state index contributed by atoms with van der Waals surface area (Å²) < 4.78 is 22.8. The van der Waals surface area contributed by atoms with Crippen LogP contribution in [0.5, 0.6) is 0 Å². The largest absolute Gasteiger partial charge is 0.480 e. The molecule has 1 aliphatic carbocycles. The highest BCUT2D eigenvalue weighted by atomic mass is 32.2. The van der Waals surface area contributed by atoms with Gasteiger partial charge in [-0.1, -0.05) is 19.3 Å². The summed E-state index contributed by atoms with van der Waals surface area (Å²) in [7, 11) is -2.26. The van der Waals surface area contributed by atoms with E-state index in [1.54, 1.807) is 7.05 Å². The predicted octanol–water partition coefficient (Wildman–Crippen LogP) is 0.277. The lowest BCUT2D eigenvalue weighted by molar-refractivity contribution is -0.134. The molecule has 1 aliphatic rings. The first-order chi connectivity index (χ1) is 8.32. The molecule has 0 atom stereocenters. The third kappa shape index (κ3) is 4.64. The zero-order chi connectivity index (χ0) is 13.8. The minimum absolute atomic E-state index is 0.0891. The monoisotopic (exact) mass is 277 g/mol. The van der Waals surface area contributed by atoms with Gasteiger partial charge in [0.25, 0.3) is 0 Å². The average molecular weight is 277 g/mol. The fourth-order valence-electron chi connectivity index (χ4n) is 2.20. The molecular formula is C11H19NO5S. The molecule has 1 N–H and O–H groups in total. The smallest absolute Gasteiger partial charge is 0.318 e. The van der Waals surface area contributed by atoms with Gasteiger partial charge in [0.15, 0.2) is 9.84 Å². The second kappa shape index (κ2) is 6.17. The lowest BCUT2D eigenvalue weighted by atomic mass is 9.94. The van der Waals surface area contributed by atoms with Crippen molar-refractivity contribution in [3.05, 3.63) is 0 Å². The Kier molecular flexibility index (Phi) is 5.13. The van der Waals surface area contributed by atoms with Gasteiger partial charge in [-0.15, -0.1) is 0 Å². The molecule has 0 bridgehead atoms. The number of carboxylic acids is 1. The first-order valence-electron chi connectivity index (χ1n) is 6.00. The van der Waals surface area contributed by atoms with Crippen LogP contribution >= 0.6 is 0 Å². The van der Waals surface area contributed by atoms with E-state index in [2.05, 4.69) is 0 Å². The zero-order valence-electron chi connectivity index (χ0n) is 10.5. The van der Waals surface area contributed by atoms with Gasteiger partial charge in [-0.05, 0) is 12.8 Å². The molecule has 0 aromatic carbocycles. The topological polar surface area (TPSA) is 91.8 Å². The number of hydrogen-bond acceptors (Lipinski definition) is 4. The Morgan fingerprint density at radius 3 is 2.22 bits per heavy atom. The van der Waals surface area contributed by atoms with Crippen LogP contribution in [-0.4, -0.2) is 54.9 Å². The molecule has 18 heavy (non-hydrogen) atoms. The summed E-state index contributed by atoms with van der Waals surface area (Å²) in [6, 6.07) is 0.0891. The van der Waals surface area contributed by atoms with Crippen LogP contribution in [0.15, 0.2) is 0 Å². The van der Waals surface area contributed by atoms with Crippen LogP contribution < -0.4 is 0 Å². The van der Waals surface area contributed by atoms with Crippen LogP contribution in [-0.2, 0) is 19.4 Å². The summed E-state index contributed by atoms with van der Waals surface area (Å²) in [5.41, 5.74) is 0. The number of sulfone groups is 1. The minimum atomic E-state index is -3.85. The van der Waals surface area contributed by atoms with E-state index in [-0.39, 0.29) is 6.04 Å². The van der Waals surface area contributed by atoms with E-state index in [1.165, 1.54) is 4.90 Å². The van der Waals surface area contributed by atoms with Crippen molar-refractivity contribution >= 4 is 21.7 Å². The van der Waals surface area contributed by atoms with Gasteiger partial charge in [0.05, 0.1) is 0 Å². The van der Waals surface area contributed by atoms with Crippen LogP contribution in [0.4, 0.5) is 0 Å². The summed E-state index contributed by atoms with van der Waals surface area (Å²) in [4.78, 5) is 23.6. The molecule has 1 rings (SSSR count). The van der Waals surface area contributed by atoms with Crippen molar-refractivity contribution in [3.8, 4) is 0 Å². The normalized spacial score (nSPS) is 17.4. The van der Waals surface area contributed by atoms with Crippen molar-refractivity contribution in [2.45, 2.75) is 38.1 Å². The van der Waals surface area contributed by atoms with Crippen molar-refractivity contribution in [1.82, 2.24) is 4.90 Å². The molecule has 7 heteroatoms. The highest BCUT2D eigenvalue weighted by Crippen LogP contribution is 2.21. The van der Waals surface area contributed by atoms with Gasteiger partial charge in [0.2, 0.25) is 5.91 Å². The molecule has 0 spiro atoms. The molecule has 6 nitrogen and oxygen atoms in total. The molecule has 1 amide bonds. The minimum Gasteiger partial charge on any atom is -0.480 e. The van der Waals surface area contributed by atoms with Gasteiger partial charge < -0.3 is 10.0 Å². The van der Waals surface area contributed by atoms with E-state index in [1.807, 2.05) is 0 Å². The number of aliphatic carboxylic acids is 1. The van der Waals surface area contributed by atoms with Crippen molar-refractivity contribution < 1.29 is 23.1 Å². The second-order valence-electron chi connectivity index (χ2n) is 4.72. The maximum Gasteiger partial charge on any atom is 0.318 e. The Hall–Kier alpha value is -1.11. The molecule has 0 aliphatic heterocycles. The third-order valence-electron chi connectivity index (χ3n) is 3.20. The quantitative estimate of drug-likeness (QED) is 0.779. The molecule has 104 valence electrons. The molecule has 0 aromatic rings. The number of carbonyl (C=O) groups is 2. The summed E-state index contributed by atoms with van der Waals surface area (Å²) >= 11 is 0. The van der Waals surface area contributed by atoms with Crippen molar-refractivity contribution in [3.63, 3.8) is 0 Å². The van der Waals surface area contributed by atoms with Crippen LogP contribution in [0, 0.1) is 0 Å². The lowest BCUT2D eigenvalue weighted by Crippen LogP contribution is -2.42. The highest BCUT2D eigenvalue weighted by molar-refractivity contribution is 7.92. The maximum atomic E-state index is 11.8. The number of carboxylic acid groups (broad SMARTS) is 1. The van der Waals surface area contributed by atoms with Crippen molar-refractivity contribution in [2.75, 3.05) is 18.6 Å². The molecule has 0 saturated heterocycles. The standard InChI is InChI=1S/C11H19NO5S/c1-12(9-5-3-2-4-6-9)10(13)7-18(16,17)8-11(14)15/h9H,2-8H2,1H3,(H,14,15). The fraction of sp³-hybridized carbons (Fsp3) is 0.818. The van der Waals surface area contributed by atoms with E-state index >= 15 is 0 Å². The predicted molar refractivity (Wildman–Crippen MR) is 65.9 cm³/mol. The Labute approximate surface area is 107 Å². The Bertz CT molecular complexity index is 411. The number of amides is 1. The first-order valence-corrected chi connectivity index (χ1v) is 7.82. The Balaban J connectivity index is 2.56. The van der Waals surface area contributed by atoms with Gasteiger partial charge in [-0.25, -0.2) is 8.42 Å². The first kappa shape index (κ1) is 14.9. The van der Waals surface area contributed by atoms with Crippen LogP contribution in [0.2, 0.25) is 0 Å². The van der Waals surface area contributed by atoms with Crippen LogP contribution in [0.1, 0.15) is 32.1 Å². The van der Waals surface area contributed by atoms with Gasteiger partial charge in [0.1, 0.15) is 11.5 Å². The SMILES string of the molecule is CN(C(=O)CS(=O)(=O)CC(=O)O)C1CCCCC1. The number of rotatable bonds is 5. The van der Waals surface area contributed by atoms with E-state index in [0.717, 1.165) is 32.1 Å².